The highest BCUT2D eigenvalue weighted by Crippen LogP contribution is 2.75. The van der Waals surface area contributed by atoms with Crippen molar-refractivity contribution >= 4 is 11.8 Å². The molecule has 6 fully saturated rings. The van der Waals surface area contributed by atoms with E-state index in [9.17, 15) is 50.4 Å². The van der Waals surface area contributed by atoms with Crippen molar-refractivity contribution in [2.45, 2.75) is 174 Å². The molecule has 5 aliphatic carbocycles. The number of carbonyl (C=O) groups excluding carboxylic acids is 1. The van der Waals surface area contributed by atoms with E-state index in [0.717, 1.165) is 37.7 Å². The van der Waals surface area contributed by atoms with Gasteiger partial charge in [0.1, 0.15) is 48.8 Å². The van der Waals surface area contributed by atoms with Gasteiger partial charge in [-0.25, -0.2) is 0 Å². The van der Waals surface area contributed by atoms with Crippen molar-refractivity contribution in [1.82, 2.24) is 0 Å². The predicted molar refractivity (Wildman–Crippen MR) is 198 cm³/mol. The Morgan fingerprint density at radius 1 is 0.750 bits per heavy atom. The fourth-order valence-electron chi connectivity index (χ4n) is 13.4. The molecule has 4 saturated carbocycles. The Hall–Kier alpha value is -1.56. The van der Waals surface area contributed by atoms with Gasteiger partial charge in [-0.1, -0.05) is 47.1 Å². The molecule has 8 N–H and O–H groups in total. The number of ketones is 1. The maximum atomic E-state index is 14.8. The maximum Gasteiger partial charge on any atom is 0.309 e. The van der Waals surface area contributed by atoms with Gasteiger partial charge in [-0.2, -0.15) is 0 Å². The minimum atomic E-state index is -1.78. The Kier molecular flexibility index (Phi) is 10.9. The van der Waals surface area contributed by atoms with Crippen molar-refractivity contribution in [3.8, 4) is 0 Å². The molecule has 7 aliphatic rings. The second kappa shape index (κ2) is 14.3. The monoisotopic (exact) mass is 794 g/mol. The second-order valence-corrected chi connectivity index (χ2v) is 20.5. The fraction of sp³-hybridized carbons (Fsp3) is 0.905. The average Bonchev–Trinajstić information content (AvgIpc) is 3.13. The van der Waals surface area contributed by atoms with E-state index in [0.29, 0.717) is 25.7 Å². The zero-order chi connectivity index (χ0) is 41.1. The molecule has 0 aromatic rings. The number of hydrogen-bond acceptors (Lipinski definition) is 13. The summed E-state index contributed by atoms with van der Waals surface area (Å²) in [6.07, 6.45) is -7.21. The molecule has 0 amide bonds. The van der Waals surface area contributed by atoms with Crippen LogP contribution >= 0.6 is 0 Å². The molecule has 14 nitrogen and oxygen atoms in total. The lowest BCUT2D eigenvalue weighted by molar-refractivity contribution is -0.369. The van der Waals surface area contributed by atoms with Crippen LogP contribution in [0.4, 0.5) is 0 Å². The summed E-state index contributed by atoms with van der Waals surface area (Å²) in [5.74, 6) is -0.828. The molecule has 19 atom stereocenters. The first-order valence-electron chi connectivity index (χ1n) is 20.8. The summed E-state index contributed by atoms with van der Waals surface area (Å²) in [4.78, 5) is 27.3. The minimum Gasteiger partial charge on any atom is -0.481 e. The van der Waals surface area contributed by atoms with Gasteiger partial charge in [0.2, 0.25) is 0 Å². The summed E-state index contributed by atoms with van der Waals surface area (Å²) < 4.78 is 23.9. The Labute approximate surface area is 329 Å². The third kappa shape index (κ3) is 6.13. The SMILES string of the molecule is CC1(C)C(O[C@@H]2O[C@H](CO)[C@@H](O)[C@@H](O[C@@H]3O[C@H](CO)[C@@H](O)[C@@H](O)[C@H]3O)[C@H]2O)CC[C@@]2(C)C1CC[C@]1(C)C2C(=O)C=C2C3C[C@@](C)(C(=O)O)CC[C@]3(C)CCC21C. The minimum absolute atomic E-state index is 0.0284. The van der Waals surface area contributed by atoms with Crippen LogP contribution in [0.15, 0.2) is 11.6 Å². The summed E-state index contributed by atoms with van der Waals surface area (Å²) in [5.41, 5.74) is -1.25. The summed E-state index contributed by atoms with van der Waals surface area (Å²) >= 11 is 0. The summed E-state index contributed by atoms with van der Waals surface area (Å²) in [7, 11) is 0. The molecule has 0 aromatic carbocycles. The molecule has 2 heterocycles. The molecular weight excluding hydrogens is 728 g/mol. The van der Waals surface area contributed by atoms with Crippen LogP contribution in [0.25, 0.3) is 0 Å². The third-order valence-electron chi connectivity index (χ3n) is 17.3. The highest BCUT2D eigenvalue weighted by molar-refractivity contribution is 5.95. The standard InChI is InChI=1S/C42H66O14/c1-37(2)25-8-11-42(7)33(22(45)16-20-21-17-39(4,36(51)52)13-12-38(21,3)14-15-41(20,42)6)40(25,5)10-9-26(37)55-35-31(50)32(28(47)24(19-44)54-35)56-34-30(49)29(48)27(46)23(18-43)53-34/h16,21,23-35,43-44,46-50H,8-15,17-19H2,1-7H3,(H,51,52)/t21?,23-,24-,25?,26?,27-,28-,29-,30-,31-,32-,33?,34+,35+,38-,39+,40+,41?,42-/m1/s1. The molecule has 5 unspecified atom stereocenters. The molecule has 0 spiro atoms. The Balaban J connectivity index is 1.13. The molecular formula is C42H66O14. The van der Waals surface area contributed by atoms with Gasteiger partial charge >= 0.3 is 5.97 Å². The number of fused-ring (bicyclic) bond motifs is 7. The zero-order valence-electron chi connectivity index (χ0n) is 34.0. The van der Waals surface area contributed by atoms with Crippen molar-refractivity contribution in [1.29, 1.82) is 0 Å². The summed E-state index contributed by atoms with van der Waals surface area (Å²) in [6.45, 7) is 14.0. The van der Waals surface area contributed by atoms with Crippen molar-refractivity contribution in [2.75, 3.05) is 13.2 Å². The van der Waals surface area contributed by atoms with Crippen molar-refractivity contribution in [2.24, 2.45) is 50.2 Å². The number of carboxylic acid groups (broad SMARTS) is 1. The molecule has 56 heavy (non-hydrogen) atoms. The lowest BCUT2D eigenvalue weighted by Gasteiger charge is -2.70. The van der Waals surface area contributed by atoms with E-state index in [1.807, 2.05) is 13.0 Å². The number of rotatable bonds is 7. The normalized spacial score (nSPS) is 54.2. The van der Waals surface area contributed by atoms with Gasteiger partial charge in [0, 0.05) is 5.92 Å². The van der Waals surface area contributed by atoms with E-state index in [1.54, 1.807) is 0 Å². The van der Waals surface area contributed by atoms with Gasteiger partial charge in [0.15, 0.2) is 18.4 Å². The number of aliphatic hydroxyl groups is 7. The first-order valence-corrected chi connectivity index (χ1v) is 20.8. The highest BCUT2D eigenvalue weighted by atomic mass is 16.7. The first-order chi connectivity index (χ1) is 26.0. The topological polar surface area (TPSA) is 233 Å². The first kappa shape index (κ1) is 42.6. The van der Waals surface area contributed by atoms with E-state index in [1.165, 1.54) is 0 Å². The quantitative estimate of drug-likeness (QED) is 0.173. The van der Waals surface area contributed by atoms with Crippen LogP contribution in [-0.2, 0) is 28.5 Å². The number of aliphatic carboxylic acids is 1. The van der Waals surface area contributed by atoms with Crippen LogP contribution in [0.3, 0.4) is 0 Å². The van der Waals surface area contributed by atoms with Gasteiger partial charge in [-0.3, -0.25) is 9.59 Å². The largest absolute Gasteiger partial charge is 0.481 e. The van der Waals surface area contributed by atoms with E-state index in [-0.39, 0.29) is 39.8 Å². The molecule has 2 aliphatic heterocycles. The average molecular weight is 795 g/mol. The van der Waals surface area contributed by atoms with Crippen LogP contribution in [0.5, 0.6) is 0 Å². The van der Waals surface area contributed by atoms with E-state index >= 15 is 0 Å². The number of carbonyl (C=O) groups is 2. The Morgan fingerprint density at radius 3 is 1.98 bits per heavy atom. The smallest absolute Gasteiger partial charge is 0.309 e. The lowest BCUT2D eigenvalue weighted by atomic mass is 9.33. The molecule has 14 heteroatoms. The lowest BCUT2D eigenvalue weighted by Crippen LogP contribution is -2.67. The van der Waals surface area contributed by atoms with E-state index in [4.69, 9.17) is 18.9 Å². The van der Waals surface area contributed by atoms with Gasteiger partial charge in [-0.05, 0) is 110 Å². The second-order valence-electron chi connectivity index (χ2n) is 20.5. The highest BCUT2D eigenvalue weighted by Gasteiger charge is 2.70. The van der Waals surface area contributed by atoms with E-state index in [2.05, 4.69) is 41.5 Å². The van der Waals surface area contributed by atoms with Crippen LogP contribution in [0.1, 0.15) is 106 Å². The van der Waals surface area contributed by atoms with Crippen LogP contribution in [0.2, 0.25) is 0 Å². The van der Waals surface area contributed by atoms with Gasteiger partial charge in [0.05, 0.1) is 24.7 Å². The van der Waals surface area contributed by atoms with Gasteiger partial charge in [0.25, 0.3) is 0 Å². The van der Waals surface area contributed by atoms with Gasteiger partial charge in [-0.15, -0.1) is 0 Å². The predicted octanol–water partition coefficient (Wildman–Crippen LogP) is 2.06. The number of carboxylic acids is 1. The summed E-state index contributed by atoms with van der Waals surface area (Å²) in [6, 6.07) is 0. The van der Waals surface area contributed by atoms with E-state index < -0.39 is 103 Å². The van der Waals surface area contributed by atoms with Crippen molar-refractivity contribution < 1.29 is 69.4 Å². The number of aliphatic hydroxyl groups excluding tert-OH is 7. The Bertz CT molecular complexity index is 1570. The van der Waals surface area contributed by atoms with Crippen LogP contribution in [-0.4, -0.2) is 133 Å². The third-order valence-corrected chi connectivity index (χ3v) is 17.3. The summed E-state index contributed by atoms with van der Waals surface area (Å²) in [5, 5.41) is 83.9. The van der Waals surface area contributed by atoms with Crippen molar-refractivity contribution in [3.63, 3.8) is 0 Å². The number of ether oxygens (including phenoxy) is 4. The van der Waals surface area contributed by atoms with Gasteiger partial charge < -0.3 is 59.8 Å². The molecule has 7 rings (SSSR count). The van der Waals surface area contributed by atoms with Crippen LogP contribution < -0.4 is 0 Å². The fourth-order valence-corrected chi connectivity index (χ4v) is 13.4. The van der Waals surface area contributed by atoms with Crippen LogP contribution in [0, 0.1) is 50.2 Å². The number of hydrogen-bond donors (Lipinski definition) is 8. The molecule has 0 bridgehead atoms. The Morgan fingerprint density at radius 2 is 1.36 bits per heavy atom. The van der Waals surface area contributed by atoms with Crippen molar-refractivity contribution in [3.05, 3.63) is 11.6 Å². The molecule has 2 saturated heterocycles. The molecule has 318 valence electrons. The molecule has 0 radical (unpaired) electrons. The molecule has 0 aromatic heterocycles. The maximum absolute atomic E-state index is 14.8. The number of allylic oxidation sites excluding steroid dienone is 2. The zero-order valence-corrected chi connectivity index (χ0v) is 34.0.